The summed E-state index contributed by atoms with van der Waals surface area (Å²) in [6.07, 6.45) is 1.38. The summed E-state index contributed by atoms with van der Waals surface area (Å²) in [7, 11) is 1.64. The smallest absolute Gasteiger partial charge is 0.274 e. The summed E-state index contributed by atoms with van der Waals surface area (Å²) in [6.45, 7) is 4.45. The van der Waals surface area contributed by atoms with E-state index in [2.05, 4.69) is 20.6 Å². The number of benzene rings is 2. The highest BCUT2D eigenvalue weighted by Crippen LogP contribution is 2.21. The lowest BCUT2D eigenvalue weighted by Gasteiger charge is -2.12. The highest BCUT2D eigenvalue weighted by atomic mass is 16.5. The predicted octanol–water partition coefficient (Wildman–Crippen LogP) is 3.97. The van der Waals surface area contributed by atoms with Gasteiger partial charge in [0.1, 0.15) is 23.6 Å². The number of carbonyl (C=O) groups excluding carboxylic acids is 1. The lowest BCUT2D eigenvalue weighted by Crippen LogP contribution is -2.16. The topological polar surface area (TPSA) is 76.1 Å². The third-order valence-corrected chi connectivity index (χ3v) is 4.27. The van der Waals surface area contributed by atoms with Crippen LogP contribution in [0.4, 0.5) is 11.5 Å². The molecule has 0 unspecified atom stereocenters. The van der Waals surface area contributed by atoms with Crippen LogP contribution in [0.15, 0.2) is 54.9 Å². The maximum atomic E-state index is 12.6. The molecule has 1 aromatic heterocycles. The number of ether oxygens (including phenoxy) is 1. The standard InChI is InChI=1S/C21H22N4O2/c1-14-7-6-8-15(2)20(14)25-21(26)17-11-19(24-13-23-17)22-12-16-9-4-5-10-18(16)27-3/h4-11,13H,12H2,1-3H3,(H,25,26)(H,22,23,24). The van der Waals surface area contributed by atoms with Crippen molar-refractivity contribution in [3.63, 3.8) is 0 Å². The summed E-state index contributed by atoms with van der Waals surface area (Å²) >= 11 is 0. The van der Waals surface area contributed by atoms with Gasteiger partial charge in [0, 0.05) is 23.9 Å². The SMILES string of the molecule is COc1ccccc1CNc1cc(C(=O)Nc2c(C)cccc2C)ncn1. The zero-order chi connectivity index (χ0) is 19.2. The van der Waals surface area contributed by atoms with E-state index in [9.17, 15) is 4.79 Å². The third kappa shape index (κ3) is 4.41. The van der Waals surface area contributed by atoms with E-state index in [0.29, 0.717) is 18.1 Å². The van der Waals surface area contributed by atoms with E-state index >= 15 is 0 Å². The number of aromatic nitrogens is 2. The Morgan fingerprint density at radius 1 is 1.04 bits per heavy atom. The molecule has 0 aliphatic heterocycles. The molecule has 0 bridgehead atoms. The van der Waals surface area contributed by atoms with Crippen molar-refractivity contribution in [1.29, 1.82) is 0 Å². The van der Waals surface area contributed by atoms with Crippen molar-refractivity contribution in [3.05, 3.63) is 77.2 Å². The number of carbonyl (C=O) groups is 1. The minimum atomic E-state index is -0.268. The molecule has 0 spiro atoms. The number of hydrogen-bond donors (Lipinski definition) is 2. The Morgan fingerprint density at radius 2 is 1.78 bits per heavy atom. The maximum Gasteiger partial charge on any atom is 0.274 e. The summed E-state index contributed by atoms with van der Waals surface area (Å²) in [5.41, 5.74) is 4.12. The van der Waals surface area contributed by atoms with Crippen molar-refractivity contribution in [2.24, 2.45) is 0 Å². The third-order valence-electron chi connectivity index (χ3n) is 4.27. The van der Waals surface area contributed by atoms with Gasteiger partial charge in [0.15, 0.2) is 0 Å². The first-order chi connectivity index (χ1) is 13.1. The number of nitrogens with one attached hydrogen (secondary N) is 2. The quantitative estimate of drug-likeness (QED) is 0.694. The largest absolute Gasteiger partial charge is 0.496 e. The van der Waals surface area contributed by atoms with E-state index in [0.717, 1.165) is 28.1 Å². The fraction of sp³-hybridized carbons (Fsp3) is 0.190. The van der Waals surface area contributed by atoms with Crippen molar-refractivity contribution in [2.75, 3.05) is 17.7 Å². The number of methoxy groups -OCH3 is 1. The first-order valence-corrected chi connectivity index (χ1v) is 8.64. The van der Waals surface area contributed by atoms with Gasteiger partial charge in [-0.15, -0.1) is 0 Å². The van der Waals surface area contributed by atoms with Crippen molar-refractivity contribution in [3.8, 4) is 5.75 Å². The number of rotatable bonds is 6. The number of aryl methyl sites for hydroxylation is 2. The molecule has 1 amide bonds. The average Bonchev–Trinajstić information content (AvgIpc) is 2.69. The number of hydrogen-bond acceptors (Lipinski definition) is 5. The maximum absolute atomic E-state index is 12.6. The van der Waals surface area contributed by atoms with E-state index in [1.54, 1.807) is 13.2 Å². The number of anilines is 2. The van der Waals surface area contributed by atoms with E-state index in [1.807, 2.05) is 56.3 Å². The minimum Gasteiger partial charge on any atom is -0.496 e. The summed E-state index contributed by atoms with van der Waals surface area (Å²) in [4.78, 5) is 20.9. The van der Waals surface area contributed by atoms with Gasteiger partial charge in [-0.25, -0.2) is 9.97 Å². The molecule has 0 aliphatic carbocycles. The van der Waals surface area contributed by atoms with Crippen LogP contribution < -0.4 is 15.4 Å². The second-order valence-corrected chi connectivity index (χ2v) is 6.17. The molecule has 0 radical (unpaired) electrons. The Morgan fingerprint density at radius 3 is 2.52 bits per heavy atom. The van der Waals surface area contributed by atoms with Crippen LogP contribution in [0.2, 0.25) is 0 Å². The number of nitrogens with zero attached hydrogens (tertiary/aromatic N) is 2. The zero-order valence-corrected chi connectivity index (χ0v) is 15.6. The highest BCUT2D eigenvalue weighted by molar-refractivity contribution is 6.04. The van der Waals surface area contributed by atoms with Gasteiger partial charge in [0.05, 0.1) is 7.11 Å². The molecular formula is C21H22N4O2. The molecular weight excluding hydrogens is 340 g/mol. The zero-order valence-electron chi connectivity index (χ0n) is 15.6. The molecule has 6 nitrogen and oxygen atoms in total. The second kappa shape index (κ2) is 8.31. The van der Waals surface area contributed by atoms with Gasteiger partial charge in [-0.05, 0) is 31.0 Å². The van der Waals surface area contributed by atoms with Gasteiger partial charge in [-0.1, -0.05) is 36.4 Å². The van der Waals surface area contributed by atoms with Crippen LogP contribution in [0.5, 0.6) is 5.75 Å². The van der Waals surface area contributed by atoms with Crippen molar-refractivity contribution >= 4 is 17.4 Å². The summed E-state index contributed by atoms with van der Waals surface area (Å²) in [6, 6.07) is 15.3. The molecule has 0 saturated carbocycles. The Hall–Kier alpha value is -3.41. The molecule has 0 fully saturated rings. The predicted molar refractivity (Wildman–Crippen MR) is 106 cm³/mol. The Kier molecular flexibility index (Phi) is 5.66. The van der Waals surface area contributed by atoms with Crippen LogP contribution in [-0.2, 0) is 6.54 Å². The molecule has 0 saturated heterocycles. The van der Waals surface area contributed by atoms with Crippen LogP contribution in [0.3, 0.4) is 0 Å². The first-order valence-electron chi connectivity index (χ1n) is 8.64. The van der Waals surface area contributed by atoms with Crippen molar-refractivity contribution in [1.82, 2.24) is 9.97 Å². The van der Waals surface area contributed by atoms with Gasteiger partial charge in [-0.3, -0.25) is 4.79 Å². The molecule has 27 heavy (non-hydrogen) atoms. The van der Waals surface area contributed by atoms with E-state index in [-0.39, 0.29) is 5.91 Å². The second-order valence-electron chi connectivity index (χ2n) is 6.17. The molecule has 0 aliphatic rings. The van der Waals surface area contributed by atoms with Crippen LogP contribution in [0.1, 0.15) is 27.2 Å². The van der Waals surface area contributed by atoms with Gasteiger partial charge in [0.2, 0.25) is 0 Å². The molecule has 1 heterocycles. The Bertz CT molecular complexity index is 936. The molecule has 3 aromatic rings. The molecule has 3 rings (SSSR count). The molecule has 6 heteroatoms. The van der Waals surface area contributed by atoms with E-state index in [4.69, 9.17) is 4.74 Å². The van der Waals surface area contributed by atoms with Gasteiger partial charge >= 0.3 is 0 Å². The first kappa shape index (κ1) is 18.4. The molecule has 138 valence electrons. The average molecular weight is 362 g/mol. The van der Waals surface area contributed by atoms with Gasteiger partial charge in [0.25, 0.3) is 5.91 Å². The summed E-state index contributed by atoms with van der Waals surface area (Å²) in [5.74, 6) is 1.10. The molecule has 2 aromatic carbocycles. The lowest BCUT2D eigenvalue weighted by atomic mass is 10.1. The minimum absolute atomic E-state index is 0.268. The van der Waals surface area contributed by atoms with Crippen molar-refractivity contribution in [2.45, 2.75) is 20.4 Å². The molecule has 0 atom stereocenters. The van der Waals surface area contributed by atoms with Crippen LogP contribution in [0.25, 0.3) is 0 Å². The summed E-state index contributed by atoms with van der Waals surface area (Å²) < 4.78 is 5.35. The lowest BCUT2D eigenvalue weighted by molar-refractivity contribution is 0.102. The van der Waals surface area contributed by atoms with E-state index in [1.165, 1.54) is 6.33 Å². The molecule has 2 N–H and O–H groups in total. The Balaban J connectivity index is 1.72. The number of amides is 1. The monoisotopic (exact) mass is 362 g/mol. The fourth-order valence-corrected chi connectivity index (χ4v) is 2.80. The van der Waals surface area contributed by atoms with Gasteiger partial charge < -0.3 is 15.4 Å². The van der Waals surface area contributed by atoms with Crippen LogP contribution in [-0.4, -0.2) is 23.0 Å². The summed E-state index contributed by atoms with van der Waals surface area (Å²) in [5, 5.41) is 6.14. The van der Waals surface area contributed by atoms with Crippen molar-refractivity contribution < 1.29 is 9.53 Å². The van der Waals surface area contributed by atoms with E-state index < -0.39 is 0 Å². The number of para-hydroxylation sites is 2. The fourth-order valence-electron chi connectivity index (χ4n) is 2.80. The normalized spacial score (nSPS) is 10.3. The van der Waals surface area contributed by atoms with Gasteiger partial charge in [-0.2, -0.15) is 0 Å². The highest BCUT2D eigenvalue weighted by Gasteiger charge is 2.12. The van der Waals surface area contributed by atoms with Crippen LogP contribution >= 0.6 is 0 Å². The Labute approximate surface area is 158 Å². The van der Waals surface area contributed by atoms with Crippen LogP contribution in [0, 0.1) is 13.8 Å².